The Labute approximate surface area is 433 Å². The molecule has 15 aromatic rings. The van der Waals surface area contributed by atoms with Gasteiger partial charge in [0.2, 0.25) is 5.69 Å². The third-order valence-electron chi connectivity index (χ3n) is 15.0. The van der Waals surface area contributed by atoms with Crippen LogP contribution >= 0.6 is 22.7 Å². The van der Waals surface area contributed by atoms with Crippen LogP contribution < -0.4 is 0 Å². The summed E-state index contributed by atoms with van der Waals surface area (Å²) < 4.78 is 9.50. The van der Waals surface area contributed by atoms with Crippen molar-refractivity contribution in [2.45, 2.75) is 0 Å². The minimum atomic E-state index is 0.418. The molecule has 0 atom stereocenters. The van der Waals surface area contributed by atoms with Gasteiger partial charge < -0.3 is 9.13 Å². The summed E-state index contributed by atoms with van der Waals surface area (Å²) in [7, 11) is 0. The maximum Gasteiger partial charge on any atom is 0.220 e. The van der Waals surface area contributed by atoms with Gasteiger partial charge in [-0.2, -0.15) is 5.26 Å². The van der Waals surface area contributed by atoms with Gasteiger partial charge in [0.1, 0.15) is 6.07 Å². The summed E-state index contributed by atoms with van der Waals surface area (Å²) in [5.74, 6) is 0. The molecule has 0 saturated carbocycles. The molecule has 15 rings (SSSR count). The molecule has 6 heteroatoms. The normalized spacial score (nSPS) is 11.8. The van der Waals surface area contributed by atoms with Crippen molar-refractivity contribution >= 4 is 112 Å². The average Bonchev–Trinajstić information content (AvgIpc) is 4.32. The molecule has 0 fully saturated rings. The average molecular weight is 975 g/mol. The first-order chi connectivity index (χ1) is 36.7. The van der Waals surface area contributed by atoms with E-state index in [-0.39, 0.29) is 0 Å². The molecular weight excluding hydrogens is 937 g/mol. The van der Waals surface area contributed by atoms with Gasteiger partial charge in [0.15, 0.2) is 0 Å². The van der Waals surface area contributed by atoms with E-state index in [4.69, 9.17) is 0 Å². The zero-order valence-electron chi connectivity index (χ0n) is 39.5. The molecule has 0 aliphatic rings. The number of hydrogen-bond donors (Lipinski definition) is 0. The molecule has 74 heavy (non-hydrogen) atoms. The summed E-state index contributed by atoms with van der Waals surface area (Å²) in [4.78, 5) is 4.69. The van der Waals surface area contributed by atoms with Gasteiger partial charge in [0.05, 0.1) is 55.0 Å². The predicted octanol–water partition coefficient (Wildman–Crippen LogP) is 19.7. The van der Waals surface area contributed by atoms with Crippen LogP contribution in [0.2, 0.25) is 0 Å². The highest BCUT2D eigenvalue weighted by molar-refractivity contribution is 7.27. The van der Waals surface area contributed by atoms with Crippen LogP contribution in [0.5, 0.6) is 0 Å². The minimum absolute atomic E-state index is 0.418. The fourth-order valence-corrected chi connectivity index (χ4v) is 14.3. The molecule has 0 radical (unpaired) electrons. The molecular formula is C68H38N4S2. The summed E-state index contributed by atoms with van der Waals surface area (Å²) in [6, 6.07) is 84.5. The lowest BCUT2D eigenvalue weighted by molar-refractivity contribution is 1.14. The van der Waals surface area contributed by atoms with Crippen molar-refractivity contribution in [3.8, 4) is 62.0 Å². The first kappa shape index (κ1) is 42.2. The van der Waals surface area contributed by atoms with Crippen LogP contribution in [0, 0.1) is 17.9 Å². The SMILES string of the molecule is [C-]#[N+]c1c(-c2ccccc2)c(C#N)c(-n2c3cc(-c4ccccc4)ccc3c3ccc(-c4ccccc4)cc32)c(-c2ccccc2)c1-n1c2c(ccc3c4ccccc4sc32)c2ccc3c4ccccc4sc3c21. The highest BCUT2D eigenvalue weighted by Crippen LogP contribution is 2.55. The van der Waals surface area contributed by atoms with Crippen molar-refractivity contribution in [1.82, 2.24) is 9.13 Å². The Kier molecular flexibility index (Phi) is 9.40. The standard InChI is InChI=1S/C68H38N4S2/c1-70-62-60(43-22-10-4-11-23-43)55(40-69)63(71-56-38-45(41-18-6-2-7-19-41)30-32-47(56)48-33-31-46(39-57(48)71)42-20-8-3-9-21-42)61(44-24-12-5-13-25-44)66(62)72-64-51(34-36-53-49-26-14-16-28-58(49)73-67(53)64)52-35-37-54-50-27-15-17-29-59(50)74-68(54)65(52)72/h2-39H. The number of aromatic nitrogens is 2. The lowest BCUT2D eigenvalue weighted by atomic mass is 9.88. The number of rotatable bonds is 6. The molecule has 11 aromatic carbocycles. The fourth-order valence-electron chi connectivity index (χ4n) is 11.8. The van der Waals surface area contributed by atoms with Crippen molar-refractivity contribution in [2.24, 2.45) is 0 Å². The second-order valence-corrected chi connectivity index (χ2v) is 21.0. The zero-order chi connectivity index (χ0) is 49.0. The largest absolute Gasteiger partial charge is 0.316 e. The predicted molar refractivity (Wildman–Crippen MR) is 314 cm³/mol. The van der Waals surface area contributed by atoms with E-state index >= 15 is 0 Å². The van der Waals surface area contributed by atoms with Crippen LogP contribution in [-0.4, -0.2) is 9.13 Å². The highest BCUT2D eigenvalue weighted by atomic mass is 32.1. The molecule has 0 aliphatic heterocycles. The summed E-state index contributed by atoms with van der Waals surface area (Å²) in [6.07, 6.45) is 0. The lowest BCUT2D eigenvalue weighted by Gasteiger charge is -2.26. The van der Waals surface area contributed by atoms with Gasteiger partial charge in [-0.15, -0.1) is 22.7 Å². The van der Waals surface area contributed by atoms with Crippen LogP contribution in [-0.2, 0) is 0 Å². The van der Waals surface area contributed by atoms with Crippen LogP contribution in [0.1, 0.15) is 5.56 Å². The van der Waals surface area contributed by atoms with Crippen molar-refractivity contribution in [3.05, 3.63) is 248 Å². The molecule has 0 spiro atoms. The van der Waals surface area contributed by atoms with Gasteiger partial charge in [-0.25, -0.2) is 4.85 Å². The quantitative estimate of drug-likeness (QED) is 0.153. The maximum atomic E-state index is 12.2. The Morgan fingerprint density at radius 3 is 1.23 bits per heavy atom. The van der Waals surface area contributed by atoms with Gasteiger partial charge in [0, 0.05) is 63.6 Å². The number of fused-ring (bicyclic) bond motifs is 14. The topological polar surface area (TPSA) is 38.0 Å². The van der Waals surface area contributed by atoms with Gasteiger partial charge in [-0.3, -0.25) is 0 Å². The van der Waals surface area contributed by atoms with Crippen LogP contribution in [0.25, 0.3) is 145 Å². The molecule has 0 N–H and O–H groups in total. The van der Waals surface area contributed by atoms with Gasteiger partial charge in [-0.05, 0) is 57.6 Å². The third kappa shape index (κ3) is 6.11. The number of thiophene rings is 2. The van der Waals surface area contributed by atoms with Crippen LogP contribution in [0.4, 0.5) is 5.69 Å². The second kappa shape index (κ2) is 16.5. The Bertz CT molecular complexity index is 4670. The monoisotopic (exact) mass is 974 g/mol. The summed E-state index contributed by atoms with van der Waals surface area (Å²) in [6.45, 7) is 9.58. The van der Waals surface area contributed by atoms with E-state index in [1.807, 2.05) is 36.4 Å². The molecule has 4 nitrogen and oxygen atoms in total. The van der Waals surface area contributed by atoms with Crippen LogP contribution in [0.15, 0.2) is 231 Å². The molecule has 0 aliphatic carbocycles. The van der Waals surface area contributed by atoms with E-state index in [0.29, 0.717) is 16.8 Å². The lowest BCUT2D eigenvalue weighted by Crippen LogP contribution is -2.09. The number of benzene rings is 11. The summed E-state index contributed by atoms with van der Waals surface area (Å²) in [5.41, 5.74) is 13.7. The second-order valence-electron chi connectivity index (χ2n) is 18.9. The van der Waals surface area contributed by atoms with E-state index < -0.39 is 0 Å². The zero-order valence-corrected chi connectivity index (χ0v) is 41.2. The summed E-state index contributed by atoms with van der Waals surface area (Å²) in [5, 5.41) is 21.3. The first-order valence-corrected chi connectivity index (χ1v) is 26.3. The van der Waals surface area contributed by atoms with Gasteiger partial charge in [-0.1, -0.05) is 206 Å². The molecule has 0 bridgehead atoms. The van der Waals surface area contributed by atoms with Gasteiger partial charge in [0.25, 0.3) is 0 Å². The van der Waals surface area contributed by atoms with E-state index in [1.54, 1.807) is 22.7 Å². The molecule has 342 valence electrons. The van der Waals surface area contributed by atoms with E-state index in [0.717, 1.165) is 103 Å². The van der Waals surface area contributed by atoms with Crippen LogP contribution in [0.3, 0.4) is 0 Å². The molecule has 4 heterocycles. The molecule has 4 aromatic heterocycles. The smallest absolute Gasteiger partial charge is 0.220 e. The Hall–Kier alpha value is -9.56. The number of nitrogens with zero attached hydrogens (tertiary/aromatic N) is 4. The Morgan fingerprint density at radius 2 is 0.770 bits per heavy atom. The van der Waals surface area contributed by atoms with Gasteiger partial charge >= 0.3 is 0 Å². The highest BCUT2D eigenvalue weighted by Gasteiger charge is 2.33. The first-order valence-electron chi connectivity index (χ1n) is 24.7. The Morgan fingerprint density at radius 1 is 0.365 bits per heavy atom. The van der Waals surface area contributed by atoms with E-state index in [9.17, 15) is 11.8 Å². The third-order valence-corrected chi connectivity index (χ3v) is 17.4. The number of hydrogen-bond acceptors (Lipinski definition) is 3. The Balaban J connectivity index is 1.24. The molecule has 0 unspecified atom stereocenters. The summed E-state index contributed by atoms with van der Waals surface area (Å²) >= 11 is 3.60. The van der Waals surface area contributed by atoms with Crippen molar-refractivity contribution in [2.75, 3.05) is 0 Å². The van der Waals surface area contributed by atoms with Crippen molar-refractivity contribution in [3.63, 3.8) is 0 Å². The maximum absolute atomic E-state index is 12.2. The molecule has 0 amide bonds. The molecule has 0 saturated heterocycles. The van der Waals surface area contributed by atoms with Crippen molar-refractivity contribution < 1.29 is 0 Å². The number of nitriles is 1. The van der Waals surface area contributed by atoms with E-state index in [2.05, 4.69) is 214 Å². The minimum Gasteiger partial charge on any atom is -0.316 e. The van der Waals surface area contributed by atoms with Crippen molar-refractivity contribution in [1.29, 1.82) is 5.26 Å². The van der Waals surface area contributed by atoms with E-state index in [1.165, 1.54) is 30.9 Å². The fraction of sp³-hybridized carbons (Fsp3) is 0.